The maximum absolute atomic E-state index is 12.5. The Kier molecular flexibility index (Phi) is 7.52. The Morgan fingerprint density at radius 2 is 1.70 bits per heavy atom. The number of carbonyl (C=O) groups is 1. The van der Waals surface area contributed by atoms with Crippen LogP contribution in [0.2, 0.25) is 0 Å². The SMILES string of the molecule is C=CCN1C(=O)CC(CC=C)(CC=C)c2ccccc21.OBO. The molecule has 1 aliphatic heterocycles. The van der Waals surface area contributed by atoms with E-state index >= 15 is 0 Å². The van der Waals surface area contributed by atoms with Crippen LogP contribution in [0, 0.1) is 0 Å². The van der Waals surface area contributed by atoms with Gasteiger partial charge in [-0.05, 0) is 24.5 Å². The molecule has 0 bridgehead atoms. The molecule has 0 unspecified atom stereocenters. The van der Waals surface area contributed by atoms with Crippen LogP contribution in [0.25, 0.3) is 0 Å². The third kappa shape index (κ3) is 4.21. The third-order valence-corrected chi connectivity index (χ3v) is 3.94. The summed E-state index contributed by atoms with van der Waals surface area (Å²) in [5.41, 5.74) is 2.00. The van der Waals surface area contributed by atoms with Crippen molar-refractivity contribution < 1.29 is 14.8 Å². The highest BCUT2D eigenvalue weighted by Crippen LogP contribution is 2.45. The molecule has 0 atom stereocenters. The van der Waals surface area contributed by atoms with Crippen LogP contribution < -0.4 is 4.90 Å². The van der Waals surface area contributed by atoms with Crippen molar-refractivity contribution >= 4 is 19.3 Å². The summed E-state index contributed by atoms with van der Waals surface area (Å²) in [5.74, 6) is 0.146. The Bertz CT molecular complexity index is 561. The topological polar surface area (TPSA) is 60.8 Å². The quantitative estimate of drug-likeness (QED) is 0.625. The fourth-order valence-corrected chi connectivity index (χ4v) is 3.10. The molecule has 0 spiro atoms. The second-order valence-electron chi connectivity index (χ2n) is 5.39. The molecule has 1 aromatic rings. The predicted molar refractivity (Wildman–Crippen MR) is 96.5 cm³/mol. The number of allylic oxidation sites excluding steroid dienone is 2. The molecule has 0 fully saturated rings. The highest BCUT2D eigenvalue weighted by Gasteiger charge is 2.41. The minimum atomic E-state index is -0.750. The van der Waals surface area contributed by atoms with E-state index in [-0.39, 0.29) is 11.3 Å². The van der Waals surface area contributed by atoms with Gasteiger partial charge in [-0.1, -0.05) is 36.4 Å². The molecule has 23 heavy (non-hydrogen) atoms. The molecule has 5 heteroatoms. The van der Waals surface area contributed by atoms with Crippen molar-refractivity contribution in [1.29, 1.82) is 0 Å². The van der Waals surface area contributed by atoms with E-state index in [9.17, 15) is 4.79 Å². The van der Waals surface area contributed by atoms with Crippen LogP contribution in [0.5, 0.6) is 0 Å². The van der Waals surface area contributed by atoms with Gasteiger partial charge < -0.3 is 14.9 Å². The van der Waals surface area contributed by atoms with Gasteiger partial charge >= 0.3 is 7.69 Å². The Labute approximate surface area is 138 Å². The summed E-state index contributed by atoms with van der Waals surface area (Å²) in [6, 6.07) is 8.13. The van der Waals surface area contributed by atoms with Crippen molar-refractivity contribution in [1.82, 2.24) is 0 Å². The largest absolute Gasteiger partial charge is 0.432 e. The second kappa shape index (κ2) is 9.13. The summed E-state index contributed by atoms with van der Waals surface area (Å²) >= 11 is 0. The highest BCUT2D eigenvalue weighted by molar-refractivity contribution is 6.13. The van der Waals surface area contributed by atoms with Gasteiger partial charge in [0.15, 0.2) is 0 Å². The van der Waals surface area contributed by atoms with Crippen LogP contribution >= 0.6 is 0 Å². The summed E-state index contributed by atoms with van der Waals surface area (Å²) in [5, 5.41) is 14.2. The number of fused-ring (bicyclic) bond motifs is 1. The van der Waals surface area contributed by atoms with Crippen molar-refractivity contribution in [2.24, 2.45) is 0 Å². The van der Waals surface area contributed by atoms with E-state index in [1.54, 1.807) is 6.08 Å². The van der Waals surface area contributed by atoms with Crippen molar-refractivity contribution in [2.45, 2.75) is 24.7 Å². The molecular weight excluding hydrogens is 289 g/mol. The first-order valence-electron chi connectivity index (χ1n) is 7.54. The van der Waals surface area contributed by atoms with Gasteiger partial charge in [0.1, 0.15) is 0 Å². The van der Waals surface area contributed by atoms with Crippen LogP contribution in [-0.2, 0) is 10.2 Å². The highest BCUT2D eigenvalue weighted by atomic mass is 16.4. The molecule has 1 aliphatic rings. The monoisotopic (exact) mass is 313 g/mol. The molecule has 0 aromatic heterocycles. The number of benzene rings is 1. The van der Waals surface area contributed by atoms with Crippen molar-refractivity contribution in [3.63, 3.8) is 0 Å². The van der Waals surface area contributed by atoms with E-state index in [1.165, 1.54) is 5.56 Å². The fraction of sp³-hybridized carbons (Fsp3) is 0.278. The van der Waals surface area contributed by atoms with Crippen LogP contribution in [-0.4, -0.2) is 30.2 Å². The Balaban J connectivity index is 0.000000816. The summed E-state index contributed by atoms with van der Waals surface area (Å²) in [6.45, 7) is 12.0. The van der Waals surface area contributed by atoms with Crippen LogP contribution in [0.15, 0.2) is 62.2 Å². The average molecular weight is 313 g/mol. The third-order valence-electron chi connectivity index (χ3n) is 3.94. The minimum Gasteiger partial charge on any atom is -0.430 e. The zero-order valence-corrected chi connectivity index (χ0v) is 13.4. The lowest BCUT2D eigenvalue weighted by molar-refractivity contribution is -0.120. The van der Waals surface area contributed by atoms with Gasteiger partial charge in [-0.2, -0.15) is 0 Å². The van der Waals surface area contributed by atoms with E-state index in [4.69, 9.17) is 10.0 Å². The van der Waals surface area contributed by atoms with Gasteiger partial charge in [-0.15, -0.1) is 19.7 Å². The first-order valence-corrected chi connectivity index (χ1v) is 7.54. The van der Waals surface area contributed by atoms with Crippen molar-refractivity contribution in [3.05, 3.63) is 67.8 Å². The number of anilines is 1. The lowest BCUT2D eigenvalue weighted by Crippen LogP contribution is -2.44. The lowest BCUT2D eigenvalue weighted by Gasteiger charge is -2.42. The molecule has 0 aliphatic carbocycles. The van der Waals surface area contributed by atoms with Gasteiger partial charge in [0, 0.05) is 24.1 Å². The molecule has 4 nitrogen and oxygen atoms in total. The van der Waals surface area contributed by atoms with E-state index in [0.29, 0.717) is 13.0 Å². The predicted octanol–water partition coefficient (Wildman–Crippen LogP) is 2.24. The second-order valence-corrected chi connectivity index (χ2v) is 5.39. The van der Waals surface area contributed by atoms with Crippen molar-refractivity contribution in [2.75, 3.05) is 11.4 Å². The number of para-hydroxylation sites is 1. The average Bonchev–Trinajstić information content (AvgIpc) is 2.53. The fourth-order valence-electron chi connectivity index (χ4n) is 3.10. The van der Waals surface area contributed by atoms with Crippen molar-refractivity contribution in [3.8, 4) is 0 Å². The zero-order valence-electron chi connectivity index (χ0n) is 13.4. The van der Waals surface area contributed by atoms with E-state index < -0.39 is 7.69 Å². The van der Waals surface area contributed by atoms with E-state index in [0.717, 1.165) is 18.5 Å². The molecular formula is C18H24BNO3. The van der Waals surface area contributed by atoms with Gasteiger partial charge in [-0.25, -0.2) is 0 Å². The van der Waals surface area contributed by atoms with Gasteiger partial charge in [0.2, 0.25) is 5.91 Å². The molecule has 1 aromatic carbocycles. The number of nitrogens with zero attached hydrogens (tertiary/aromatic N) is 1. The van der Waals surface area contributed by atoms with E-state index in [1.807, 2.05) is 35.3 Å². The first-order chi connectivity index (χ1) is 11.1. The van der Waals surface area contributed by atoms with Gasteiger partial charge in [-0.3, -0.25) is 4.79 Å². The molecule has 0 saturated carbocycles. The molecule has 2 N–H and O–H groups in total. The van der Waals surface area contributed by atoms with Crippen LogP contribution in [0.1, 0.15) is 24.8 Å². The van der Waals surface area contributed by atoms with Crippen LogP contribution in [0.4, 0.5) is 5.69 Å². The molecule has 0 saturated heterocycles. The normalized spacial score (nSPS) is 14.9. The Morgan fingerprint density at radius 1 is 1.13 bits per heavy atom. The van der Waals surface area contributed by atoms with Gasteiger partial charge in [0.25, 0.3) is 0 Å². The standard InChI is InChI=1S/C18H21NO.BH3O2/c1-4-11-18(12-5-2)14-17(20)19(13-6-3)16-10-8-7-9-15(16)18;2-1-3/h4-10H,1-3,11-14H2;1-3H. The van der Waals surface area contributed by atoms with E-state index in [2.05, 4.69) is 25.8 Å². The molecule has 2 rings (SSSR count). The smallest absolute Gasteiger partial charge is 0.430 e. The zero-order chi connectivity index (χ0) is 17.3. The number of rotatable bonds is 6. The van der Waals surface area contributed by atoms with Crippen LogP contribution in [0.3, 0.4) is 0 Å². The summed E-state index contributed by atoms with van der Waals surface area (Å²) in [6.07, 6.45) is 7.62. The van der Waals surface area contributed by atoms with Gasteiger partial charge in [0.05, 0.1) is 0 Å². The minimum absolute atomic E-state index is 0.146. The number of carbonyl (C=O) groups excluding carboxylic acids is 1. The molecule has 1 heterocycles. The Hall–Kier alpha value is -2.11. The summed E-state index contributed by atoms with van der Waals surface area (Å²) < 4.78 is 0. The molecule has 1 amide bonds. The number of hydrogen-bond acceptors (Lipinski definition) is 3. The molecule has 122 valence electrons. The molecule has 0 radical (unpaired) electrons. The lowest BCUT2D eigenvalue weighted by atomic mass is 9.69. The summed E-state index contributed by atoms with van der Waals surface area (Å²) in [7, 11) is -0.750. The number of hydrogen-bond donors (Lipinski definition) is 2. The maximum Gasteiger partial charge on any atom is 0.432 e. The first kappa shape index (κ1) is 18.9. The maximum atomic E-state index is 12.5. The summed E-state index contributed by atoms with van der Waals surface area (Å²) in [4.78, 5) is 14.3. The Morgan fingerprint density at radius 3 is 2.22 bits per heavy atom. The number of amides is 1.